The van der Waals surface area contributed by atoms with Crippen LogP contribution in [0.2, 0.25) is 0 Å². The third-order valence-electron chi connectivity index (χ3n) is 3.08. The molecule has 94 valence electrons. The molecule has 0 bridgehead atoms. The van der Waals surface area contributed by atoms with Crippen molar-refractivity contribution >= 4 is 17.4 Å². The Morgan fingerprint density at radius 2 is 2.29 bits per heavy atom. The molecule has 0 radical (unpaired) electrons. The molecule has 0 atom stereocenters. The summed E-state index contributed by atoms with van der Waals surface area (Å²) >= 11 is 6.04. The van der Waals surface area contributed by atoms with E-state index in [-0.39, 0.29) is 11.6 Å². The van der Waals surface area contributed by atoms with Crippen LogP contribution in [0.1, 0.15) is 33.1 Å². The van der Waals surface area contributed by atoms with Crippen molar-refractivity contribution in [1.82, 2.24) is 4.98 Å². The fourth-order valence-electron chi connectivity index (χ4n) is 1.98. The van der Waals surface area contributed by atoms with Gasteiger partial charge in [0.1, 0.15) is 0 Å². The minimum absolute atomic E-state index is 0.0188. The summed E-state index contributed by atoms with van der Waals surface area (Å²) in [5.41, 5.74) is 0.0188. The number of pyridine rings is 1. The molecule has 2 rings (SSSR count). The average molecular weight is 255 g/mol. The molecule has 1 fully saturated rings. The third kappa shape index (κ3) is 2.83. The second-order valence-electron chi connectivity index (χ2n) is 4.91. The van der Waals surface area contributed by atoms with Gasteiger partial charge in [0, 0.05) is 12.1 Å². The largest absolute Gasteiger partial charge is 0.487 e. The first-order valence-electron chi connectivity index (χ1n) is 6.11. The van der Waals surface area contributed by atoms with E-state index in [4.69, 9.17) is 16.3 Å². The van der Waals surface area contributed by atoms with E-state index in [2.05, 4.69) is 10.3 Å². The molecule has 1 heterocycles. The molecule has 3 nitrogen and oxygen atoms in total. The molecule has 1 saturated carbocycles. The van der Waals surface area contributed by atoms with Crippen LogP contribution in [0.3, 0.4) is 0 Å². The normalized spacial score (nSPS) is 17.6. The molecule has 4 heteroatoms. The Bertz CT molecular complexity index is 372. The van der Waals surface area contributed by atoms with E-state index in [0.717, 1.165) is 24.4 Å². The van der Waals surface area contributed by atoms with Crippen LogP contribution in [0, 0.1) is 0 Å². The summed E-state index contributed by atoms with van der Waals surface area (Å²) in [6, 6.07) is 3.83. The number of aromatic nitrogens is 1. The lowest BCUT2D eigenvalue weighted by Crippen LogP contribution is -2.47. The van der Waals surface area contributed by atoms with Crippen LogP contribution < -0.4 is 10.1 Å². The van der Waals surface area contributed by atoms with Gasteiger partial charge in [0.05, 0.1) is 11.6 Å². The molecule has 0 aliphatic heterocycles. The van der Waals surface area contributed by atoms with E-state index in [0.29, 0.717) is 5.88 Å². The van der Waals surface area contributed by atoms with Gasteiger partial charge in [-0.05, 0) is 45.2 Å². The minimum Gasteiger partial charge on any atom is -0.487 e. The molecule has 1 aliphatic carbocycles. The lowest BCUT2D eigenvalue weighted by Gasteiger charge is -2.41. The summed E-state index contributed by atoms with van der Waals surface area (Å²) in [5.74, 6) is 2.23. The zero-order valence-electron chi connectivity index (χ0n) is 10.4. The summed E-state index contributed by atoms with van der Waals surface area (Å²) in [7, 11) is 0. The van der Waals surface area contributed by atoms with Crippen molar-refractivity contribution in [3.63, 3.8) is 0 Å². The molecule has 0 aromatic carbocycles. The predicted octanol–water partition coefficient (Wildman–Crippen LogP) is 3.44. The van der Waals surface area contributed by atoms with Crippen LogP contribution in [0.15, 0.2) is 18.3 Å². The molecule has 17 heavy (non-hydrogen) atoms. The lowest BCUT2D eigenvalue weighted by molar-refractivity contribution is 0.240. The maximum Gasteiger partial charge on any atom is 0.169 e. The van der Waals surface area contributed by atoms with E-state index in [1.54, 1.807) is 6.20 Å². The van der Waals surface area contributed by atoms with Gasteiger partial charge in [-0.2, -0.15) is 0 Å². The number of anilines is 1. The van der Waals surface area contributed by atoms with Gasteiger partial charge >= 0.3 is 0 Å². The zero-order chi connectivity index (χ0) is 12.3. The molecule has 1 aliphatic rings. The highest BCUT2D eigenvalue weighted by atomic mass is 35.5. The highest BCUT2D eigenvalue weighted by molar-refractivity contribution is 6.19. The maximum absolute atomic E-state index is 6.04. The number of nitrogens with one attached hydrogen (secondary N) is 1. The Hall–Kier alpha value is -0.960. The van der Waals surface area contributed by atoms with Crippen LogP contribution in [0.25, 0.3) is 0 Å². The highest BCUT2D eigenvalue weighted by Gasteiger charge is 2.36. The van der Waals surface area contributed by atoms with Gasteiger partial charge in [0.2, 0.25) is 0 Å². The summed E-state index contributed by atoms with van der Waals surface area (Å²) in [4.78, 5) is 4.35. The summed E-state index contributed by atoms with van der Waals surface area (Å²) in [6.45, 7) is 4.02. The number of ether oxygens (including phenoxy) is 1. The quantitative estimate of drug-likeness (QED) is 0.818. The number of rotatable bonds is 5. The van der Waals surface area contributed by atoms with Crippen LogP contribution in [0.5, 0.6) is 5.75 Å². The molecule has 0 saturated heterocycles. The van der Waals surface area contributed by atoms with Crippen LogP contribution in [-0.2, 0) is 0 Å². The van der Waals surface area contributed by atoms with Gasteiger partial charge < -0.3 is 10.1 Å². The van der Waals surface area contributed by atoms with E-state index >= 15 is 0 Å². The second kappa shape index (κ2) is 5.13. The third-order valence-corrected chi connectivity index (χ3v) is 3.59. The molecule has 0 unspecified atom stereocenters. The van der Waals surface area contributed by atoms with Crippen molar-refractivity contribution in [2.75, 3.05) is 11.2 Å². The van der Waals surface area contributed by atoms with Crippen LogP contribution >= 0.6 is 11.6 Å². The van der Waals surface area contributed by atoms with Gasteiger partial charge in [-0.1, -0.05) is 0 Å². The number of halogens is 1. The van der Waals surface area contributed by atoms with Crippen LogP contribution in [-0.4, -0.2) is 22.5 Å². The van der Waals surface area contributed by atoms with Gasteiger partial charge in [-0.25, -0.2) is 4.98 Å². The smallest absolute Gasteiger partial charge is 0.169 e. The van der Waals surface area contributed by atoms with Crippen LogP contribution in [0.4, 0.5) is 5.82 Å². The first kappa shape index (κ1) is 12.5. The molecule has 1 N–H and O–H groups in total. The molecule has 1 aromatic rings. The van der Waals surface area contributed by atoms with Crippen molar-refractivity contribution in [3.8, 4) is 5.75 Å². The summed E-state index contributed by atoms with van der Waals surface area (Å²) < 4.78 is 5.74. The second-order valence-corrected chi connectivity index (χ2v) is 5.18. The molecule has 1 aromatic heterocycles. The first-order chi connectivity index (χ1) is 8.15. The van der Waals surface area contributed by atoms with Crippen molar-refractivity contribution in [3.05, 3.63) is 18.3 Å². The van der Waals surface area contributed by atoms with E-state index in [1.807, 2.05) is 26.0 Å². The minimum atomic E-state index is 0.0188. The first-order valence-corrected chi connectivity index (χ1v) is 6.64. The Balaban J connectivity index is 2.14. The van der Waals surface area contributed by atoms with E-state index < -0.39 is 0 Å². The molecular formula is C13H19ClN2O. The van der Waals surface area contributed by atoms with Crippen molar-refractivity contribution in [2.45, 2.75) is 44.8 Å². The monoisotopic (exact) mass is 254 g/mol. The average Bonchev–Trinajstić information content (AvgIpc) is 2.25. The Kier molecular flexibility index (Phi) is 3.77. The summed E-state index contributed by atoms with van der Waals surface area (Å²) in [6.07, 6.45) is 5.36. The highest BCUT2D eigenvalue weighted by Crippen LogP contribution is 2.38. The van der Waals surface area contributed by atoms with Gasteiger partial charge in [-0.3, -0.25) is 0 Å². The standard InChI is InChI=1S/C13H19ClN2O/c1-10(2)17-11-5-3-8-15-12(11)16-13(9-14)6-4-7-13/h3,5,8,10H,4,6-7,9H2,1-2H3,(H,15,16). The van der Waals surface area contributed by atoms with Gasteiger partial charge in [0.25, 0.3) is 0 Å². The maximum atomic E-state index is 6.04. The van der Waals surface area contributed by atoms with Crippen molar-refractivity contribution < 1.29 is 4.74 Å². The van der Waals surface area contributed by atoms with Gasteiger partial charge in [-0.15, -0.1) is 11.6 Å². The Morgan fingerprint density at radius 1 is 1.53 bits per heavy atom. The molecule has 0 amide bonds. The zero-order valence-corrected chi connectivity index (χ0v) is 11.1. The van der Waals surface area contributed by atoms with Crippen molar-refractivity contribution in [2.24, 2.45) is 0 Å². The fraction of sp³-hybridized carbons (Fsp3) is 0.615. The Labute approximate surface area is 108 Å². The number of nitrogens with zero attached hydrogens (tertiary/aromatic N) is 1. The van der Waals surface area contributed by atoms with E-state index in [9.17, 15) is 0 Å². The lowest BCUT2D eigenvalue weighted by atomic mass is 9.78. The Morgan fingerprint density at radius 3 is 2.82 bits per heavy atom. The topological polar surface area (TPSA) is 34.1 Å². The number of hydrogen-bond acceptors (Lipinski definition) is 3. The molecule has 0 spiro atoms. The predicted molar refractivity (Wildman–Crippen MR) is 70.9 cm³/mol. The SMILES string of the molecule is CC(C)Oc1cccnc1NC1(CCl)CCC1. The van der Waals surface area contributed by atoms with Gasteiger partial charge in [0.15, 0.2) is 11.6 Å². The number of hydrogen-bond donors (Lipinski definition) is 1. The fourth-order valence-corrected chi connectivity index (χ4v) is 2.31. The van der Waals surface area contributed by atoms with E-state index in [1.165, 1.54) is 6.42 Å². The number of alkyl halides is 1. The summed E-state index contributed by atoms with van der Waals surface area (Å²) in [5, 5.41) is 3.45. The van der Waals surface area contributed by atoms with Crippen molar-refractivity contribution in [1.29, 1.82) is 0 Å². The molecular weight excluding hydrogens is 236 g/mol.